The summed E-state index contributed by atoms with van der Waals surface area (Å²) in [6.45, 7) is 2.10. The van der Waals surface area contributed by atoms with Gasteiger partial charge >= 0.3 is 6.36 Å². The van der Waals surface area contributed by atoms with E-state index in [9.17, 15) is 13.2 Å². The molecule has 1 aliphatic heterocycles. The zero-order valence-corrected chi connectivity index (χ0v) is 10.1. The molecule has 19 heavy (non-hydrogen) atoms. The van der Waals surface area contributed by atoms with Crippen LogP contribution in [-0.2, 0) is 4.74 Å². The Kier molecular flexibility index (Phi) is 4.44. The second-order valence-electron chi connectivity index (χ2n) is 4.11. The van der Waals surface area contributed by atoms with Crippen LogP contribution in [0.2, 0.25) is 0 Å². The third-order valence-electron chi connectivity index (χ3n) is 2.58. The van der Waals surface area contributed by atoms with E-state index in [0.29, 0.717) is 13.2 Å². The highest BCUT2D eigenvalue weighted by Crippen LogP contribution is 2.23. The van der Waals surface area contributed by atoms with Crippen LogP contribution < -0.4 is 10.1 Å². The molecular formula is C13H14F3NO2. The average molecular weight is 273 g/mol. The van der Waals surface area contributed by atoms with E-state index in [-0.39, 0.29) is 11.8 Å². The first-order valence-electron chi connectivity index (χ1n) is 5.88. The minimum atomic E-state index is -4.65. The Morgan fingerprint density at radius 3 is 2.58 bits per heavy atom. The van der Waals surface area contributed by atoms with Crippen LogP contribution in [-0.4, -0.2) is 32.2 Å². The molecule has 1 N–H and O–H groups in total. The van der Waals surface area contributed by atoms with E-state index in [1.54, 1.807) is 12.1 Å². The number of benzene rings is 1. The SMILES string of the molecule is FC(F)(F)Oc1ccc(/C=C/C2COCCN2)cc1. The van der Waals surface area contributed by atoms with Gasteiger partial charge in [0.15, 0.2) is 0 Å². The molecular weight excluding hydrogens is 259 g/mol. The van der Waals surface area contributed by atoms with Crippen LogP contribution >= 0.6 is 0 Å². The molecule has 0 bridgehead atoms. The van der Waals surface area contributed by atoms with Crippen molar-refractivity contribution >= 4 is 6.08 Å². The molecule has 1 heterocycles. The minimum Gasteiger partial charge on any atom is -0.406 e. The Balaban J connectivity index is 1.92. The quantitative estimate of drug-likeness (QED) is 0.918. The maximum absolute atomic E-state index is 12.0. The number of hydrogen-bond acceptors (Lipinski definition) is 3. The lowest BCUT2D eigenvalue weighted by atomic mass is 10.1. The van der Waals surface area contributed by atoms with E-state index in [1.807, 2.05) is 12.2 Å². The second-order valence-corrected chi connectivity index (χ2v) is 4.11. The first-order valence-corrected chi connectivity index (χ1v) is 5.88. The van der Waals surface area contributed by atoms with Crippen LogP contribution in [0.3, 0.4) is 0 Å². The summed E-state index contributed by atoms with van der Waals surface area (Å²) in [6.07, 6.45) is -0.886. The van der Waals surface area contributed by atoms with E-state index in [0.717, 1.165) is 12.1 Å². The lowest BCUT2D eigenvalue weighted by Gasteiger charge is -2.20. The van der Waals surface area contributed by atoms with Crippen molar-refractivity contribution in [2.24, 2.45) is 0 Å². The van der Waals surface area contributed by atoms with Crippen molar-refractivity contribution in [1.29, 1.82) is 0 Å². The predicted octanol–water partition coefficient (Wildman–Crippen LogP) is 2.59. The fourth-order valence-corrected chi connectivity index (χ4v) is 1.72. The fraction of sp³-hybridized carbons (Fsp3) is 0.385. The molecule has 1 atom stereocenters. The number of alkyl halides is 3. The van der Waals surface area contributed by atoms with Crippen molar-refractivity contribution in [2.45, 2.75) is 12.4 Å². The van der Waals surface area contributed by atoms with Crippen LogP contribution in [0.5, 0.6) is 5.75 Å². The van der Waals surface area contributed by atoms with E-state index < -0.39 is 6.36 Å². The zero-order chi connectivity index (χ0) is 13.7. The van der Waals surface area contributed by atoms with Crippen LogP contribution in [0, 0.1) is 0 Å². The zero-order valence-electron chi connectivity index (χ0n) is 10.1. The van der Waals surface area contributed by atoms with Gasteiger partial charge in [0.2, 0.25) is 0 Å². The topological polar surface area (TPSA) is 30.5 Å². The lowest BCUT2D eigenvalue weighted by molar-refractivity contribution is -0.274. The van der Waals surface area contributed by atoms with Crippen molar-refractivity contribution < 1.29 is 22.6 Å². The molecule has 0 aromatic heterocycles. The van der Waals surface area contributed by atoms with E-state index in [4.69, 9.17) is 4.74 Å². The molecule has 1 aromatic rings. The van der Waals surface area contributed by atoms with Gasteiger partial charge < -0.3 is 14.8 Å². The minimum absolute atomic E-state index is 0.139. The van der Waals surface area contributed by atoms with Gasteiger partial charge in [0.05, 0.1) is 13.2 Å². The summed E-state index contributed by atoms with van der Waals surface area (Å²) in [5.41, 5.74) is 0.807. The maximum atomic E-state index is 12.0. The highest BCUT2D eigenvalue weighted by molar-refractivity contribution is 5.51. The van der Waals surface area contributed by atoms with Gasteiger partial charge in [-0.05, 0) is 17.7 Å². The summed E-state index contributed by atoms with van der Waals surface area (Å²) in [5.74, 6) is -0.219. The Morgan fingerprint density at radius 2 is 2.00 bits per heavy atom. The highest BCUT2D eigenvalue weighted by Gasteiger charge is 2.30. The Hall–Kier alpha value is -1.53. The molecule has 0 amide bonds. The van der Waals surface area contributed by atoms with Gasteiger partial charge in [-0.1, -0.05) is 24.3 Å². The second kappa shape index (κ2) is 6.08. The largest absolute Gasteiger partial charge is 0.573 e. The normalized spacial score (nSPS) is 20.7. The maximum Gasteiger partial charge on any atom is 0.573 e. The van der Waals surface area contributed by atoms with E-state index in [1.165, 1.54) is 12.1 Å². The Bertz CT molecular complexity index is 423. The summed E-state index contributed by atoms with van der Waals surface area (Å²) in [4.78, 5) is 0. The lowest BCUT2D eigenvalue weighted by Crippen LogP contribution is -2.39. The third-order valence-corrected chi connectivity index (χ3v) is 2.58. The van der Waals surface area contributed by atoms with Gasteiger partial charge in [0.25, 0.3) is 0 Å². The molecule has 1 aliphatic rings. The van der Waals surface area contributed by atoms with E-state index in [2.05, 4.69) is 10.1 Å². The molecule has 6 heteroatoms. The van der Waals surface area contributed by atoms with Crippen LogP contribution in [0.15, 0.2) is 30.3 Å². The first-order chi connectivity index (χ1) is 9.03. The van der Waals surface area contributed by atoms with Gasteiger partial charge in [0, 0.05) is 12.6 Å². The van der Waals surface area contributed by atoms with Gasteiger partial charge in [-0.3, -0.25) is 0 Å². The molecule has 0 radical (unpaired) electrons. The molecule has 2 rings (SSSR count). The van der Waals surface area contributed by atoms with Gasteiger partial charge in [-0.25, -0.2) is 0 Å². The van der Waals surface area contributed by atoms with Gasteiger partial charge in [-0.2, -0.15) is 0 Å². The number of rotatable bonds is 3. The number of nitrogens with one attached hydrogen (secondary N) is 1. The van der Waals surface area contributed by atoms with Crippen molar-refractivity contribution in [1.82, 2.24) is 5.32 Å². The Labute approximate surface area is 109 Å². The first kappa shape index (κ1) is 13.9. The van der Waals surface area contributed by atoms with Crippen LogP contribution in [0.25, 0.3) is 6.08 Å². The summed E-state index contributed by atoms with van der Waals surface area (Å²) >= 11 is 0. The molecule has 1 aromatic carbocycles. The van der Waals surface area contributed by atoms with Gasteiger partial charge in [0.1, 0.15) is 5.75 Å². The number of ether oxygens (including phenoxy) is 2. The summed E-state index contributed by atoms with van der Waals surface area (Å²) in [6, 6.07) is 5.86. The third kappa shape index (κ3) is 4.92. The number of morpholine rings is 1. The van der Waals surface area contributed by atoms with Crippen molar-refractivity contribution in [3.63, 3.8) is 0 Å². The predicted molar refractivity (Wildman–Crippen MR) is 64.8 cm³/mol. The molecule has 1 fully saturated rings. The molecule has 0 aliphatic carbocycles. The summed E-state index contributed by atoms with van der Waals surface area (Å²) in [7, 11) is 0. The molecule has 1 saturated heterocycles. The molecule has 1 unspecified atom stereocenters. The molecule has 0 spiro atoms. The van der Waals surface area contributed by atoms with Crippen LogP contribution in [0.4, 0.5) is 13.2 Å². The highest BCUT2D eigenvalue weighted by atomic mass is 19.4. The smallest absolute Gasteiger partial charge is 0.406 e. The average Bonchev–Trinajstić information content (AvgIpc) is 2.37. The standard InChI is InChI=1S/C13H14F3NO2/c14-13(15,16)19-12-5-2-10(3-6-12)1-4-11-9-18-8-7-17-11/h1-6,11,17H,7-9H2/b4-1+. The van der Waals surface area contributed by atoms with Gasteiger partial charge in [-0.15, -0.1) is 13.2 Å². The van der Waals surface area contributed by atoms with Crippen molar-refractivity contribution in [3.8, 4) is 5.75 Å². The number of halogens is 3. The monoisotopic (exact) mass is 273 g/mol. The summed E-state index contributed by atoms with van der Waals surface area (Å²) < 4.78 is 45.0. The fourth-order valence-electron chi connectivity index (χ4n) is 1.72. The Morgan fingerprint density at radius 1 is 1.26 bits per heavy atom. The molecule has 0 saturated carbocycles. The number of hydrogen-bond donors (Lipinski definition) is 1. The van der Waals surface area contributed by atoms with E-state index >= 15 is 0 Å². The molecule has 104 valence electrons. The molecule has 3 nitrogen and oxygen atoms in total. The van der Waals surface area contributed by atoms with Crippen LogP contribution in [0.1, 0.15) is 5.56 Å². The van der Waals surface area contributed by atoms with Crippen molar-refractivity contribution in [2.75, 3.05) is 19.8 Å². The summed E-state index contributed by atoms with van der Waals surface area (Å²) in [5, 5.41) is 3.25. The van der Waals surface area contributed by atoms with Crippen molar-refractivity contribution in [3.05, 3.63) is 35.9 Å².